The third-order valence-electron chi connectivity index (χ3n) is 3.31. The van der Waals surface area contributed by atoms with Crippen LogP contribution in [0.25, 0.3) is 0 Å². The molecule has 1 heterocycles. The summed E-state index contributed by atoms with van der Waals surface area (Å²) in [4.78, 5) is 33.3. The van der Waals surface area contributed by atoms with Gasteiger partial charge < -0.3 is 15.2 Å². The van der Waals surface area contributed by atoms with E-state index in [2.05, 4.69) is 16.2 Å². The molecule has 0 aliphatic carbocycles. The Morgan fingerprint density at radius 2 is 2.25 bits per heavy atom. The molecule has 20 heavy (non-hydrogen) atoms. The lowest BCUT2D eigenvalue weighted by Gasteiger charge is -2.20. The second kappa shape index (κ2) is 9.57. The first-order valence-corrected chi connectivity index (χ1v) is 7.05. The minimum Gasteiger partial charge on any atom is -0.481 e. The van der Waals surface area contributed by atoms with Crippen molar-refractivity contribution in [2.45, 2.75) is 50.6 Å². The van der Waals surface area contributed by atoms with Gasteiger partial charge in [0, 0.05) is 19.4 Å². The van der Waals surface area contributed by atoms with Crippen LogP contribution in [-0.4, -0.2) is 48.3 Å². The molecule has 1 saturated heterocycles. The van der Waals surface area contributed by atoms with Crippen molar-refractivity contribution < 1.29 is 19.5 Å². The van der Waals surface area contributed by atoms with E-state index in [0.717, 1.165) is 25.8 Å². The maximum Gasteiger partial charge on any atom is 0.303 e. The molecule has 1 aliphatic heterocycles. The van der Waals surface area contributed by atoms with Gasteiger partial charge in [-0.25, -0.2) is 10.9 Å². The third kappa shape index (κ3) is 6.74. The van der Waals surface area contributed by atoms with E-state index in [4.69, 9.17) is 5.11 Å². The van der Waals surface area contributed by atoms with Crippen LogP contribution in [0.2, 0.25) is 0 Å². The Bertz CT molecular complexity index is 336. The summed E-state index contributed by atoms with van der Waals surface area (Å²) in [7, 11) is 0. The molecule has 114 valence electrons. The van der Waals surface area contributed by atoms with E-state index in [1.54, 1.807) is 0 Å². The number of hydrogen-bond acceptors (Lipinski definition) is 6. The van der Waals surface area contributed by atoms with Crippen LogP contribution in [0.3, 0.4) is 0 Å². The van der Waals surface area contributed by atoms with Crippen molar-refractivity contribution in [1.29, 1.82) is 0 Å². The number of ketones is 1. The molecular weight excluding hydrogens is 262 g/mol. The number of rotatable bonds is 7. The van der Waals surface area contributed by atoms with Gasteiger partial charge in [-0.1, -0.05) is 6.42 Å². The molecule has 0 aromatic carbocycles. The molecule has 0 bridgehead atoms. The van der Waals surface area contributed by atoms with Gasteiger partial charge in [-0.15, -0.1) is 0 Å². The highest BCUT2D eigenvalue weighted by atomic mass is 16.4. The van der Waals surface area contributed by atoms with Gasteiger partial charge >= 0.3 is 5.97 Å². The number of hydrazine groups is 1. The molecule has 0 amide bonds. The molecule has 1 unspecified atom stereocenters. The zero-order valence-electron chi connectivity index (χ0n) is 11.6. The van der Waals surface area contributed by atoms with Crippen molar-refractivity contribution in [3.05, 3.63) is 0 Å². The number of carbonyl (C=O) groups is 3. The van der Waals surface area contributed by atoms with Crippen LogP contribution >= 0.6 is 0 Å². The zero-order valence-corrected chi connectivity index (χ0v) is 11.6. The zero-order chi connectivity index (χ0) is 14.8. The number of aldehydes is 1. The summed E-state index contributed by atoms with van der Waals surface area (Å²) < 4.78 is 0. The van der Waals surface area contributed by atoms with E-state index in [-0.39, 0.29) is 24.7 Å². The van der Waals surface area contributed by atoms with E-state index in [1.807, 2.05) is 0 Å². The fraction of sp³-hybridized carbons (Fsp3) is 0.769. The molecular formula is C13H23N3O4. The van der Waals surface area contributed by atoms with E-state index in [0.29, 0.717) is 19.3 Å². The lowest BCUT2D eigenvalue weighted by atomic mass is 10.0. The molecule has 2 atom stereocenters. The van der Waals surface area contributed by atoms with E-state index in [9.17, 15) is 14.4 Å². The van der Waals surface area contributed by atoms with Crippen LogP contribution in [0.4, 0.5) is 0 Å². The lowest BCUT2D eigenvalue weighted by Crippen LogP contribution is -2.50. The second-order valence-corrected chi connectivity index (χ2v) is 4.98. The number of aliphatic carboxylic acids is 1. The summed E-state index contributed by atoms with van der Waals surface area (Å²) in [5.41, 5.74) is 5.66. The highest BCUT2D eigenvalue weighted by Crippen LogP contribution is 2.06. The fourth-order valence-electron chi connectivity index (χ4n) is 2.08. The minimum absolute atomic E-state index is 0.0827. The first kappa shape index (κ1) is 16.7. The van der Waals surface area contributed by atoms with Gasteiger partial charge in [-0.3, -0.25) is 9.59 Å². The summed E-state index contributed by atoms with van der Waals surface area (Å²) in [6.45, 7) is 1.59. The van der Waals surface area contributed by atoms with Crippen LogP contribution in [-0.2, 0) is 14.4 Å². The maximum atomic E-state index is 12.0. The SMILES string of the molecule is O=C[C@@H](CCC(=O)O)NNC1CCCCNCCC1=O. The Hall–Kier alpha value is -1.31. The molecule has 0 aromatic heterocycles. The average Bonchev–Trinajstić information content (AvgIpc) is 2.52. The number of carboxylic acids is 1. The predicted octanol–water partition coefficient (Wildman–Crippen LogP) is -0.386. The summed E-state index contributed by atoms with van der Waals surface area (Å²) >= 11 is 0. The van der Waals surface area contributed by atoms with Crippen molar-refractivity contribution in [2.24, 2.45) is 0 Å². The Morgan fingerprint density at radius 3 is 2.95 bits per heavy atom. The Labute approximate surface area is 118 Å². The molecule has 0 aromatic rings. The number of carboxylic acid groups (broad SMARTS) is 1. The highest BCUT2D eigenvalue weighted by Gasteiger charge is 2.20. The normalized spacial score (nSPS) is 22.4. The molecule has 1 rings (SSSR count). The van der Waals surface area contributed by atoms with Gasteiger partial charge in [-0.2, -0.15) is 0 Å². The molecule has 1 fully saturated rings. The topological polar surface area (TPSA) is 108 Å². The van der Waals surface area contributed by atoms with Crippen molar-refractivity contribution in [1.82, 2.24) is 16.2 Å². The largest absolute Gasteiger partial charge is 0.481 e. The van der Waals surface area contributed by atoms with Crippen LogP contribution in [0.5, 0.6) is 0 Å². The van der Waals surface area contributed by atoms with Gasteiger partial charge in [0.15, 0.2) is 5.78 Å². The summed E-state index contributed by atoms with van der Waals surface area (Å²) in [5, 5.41) is 11.8. The molecule has 7 heteroatoms. The first-order valence-electron chi connectivity index (χ1n) is 7.05. The summed E-state index contributed by atoms with van der Waals surface area (Å²) in [5.74, 6) is -0.835. The number of nitrogens with one attached hydrogen (secondary N) is 3. The molecule has 7 nitrogen and oxygen atoms in total. The van der Waals surface area contributed by atoms with Gasteiger partial charge in [0.2, 0.25) is 0 Å². The van der Waals surface area contributed by atoms with Crippen molar-refractivity contribution in [3.8, 4) is 0 Å². The van der Waals surface area contributed by atoms with E-state index >= 15 is 0 Å². The smallest absolute Gasteiger partial charge is 0.303 e. The van der Waals surface area contributed by atoms with Crippen molar-refractivity contribution in [3.63, 3.8) is 0 Å². The van der Waals surface area contributed by atoms with Gasteiger partial charge in [-0.05, 0) is 25.8 Å². The van der Waals surface area contributed by atoms with Crippen LogP contribution in [0.15, 0.2) is 0 Å². The van der Waals surface area contributed by atoms with Crippen LogP contribution in [0.1, 0.15) is 38.5 Å². The molecule has 0 radical (unpaired) electrons. The maximum absolute atomic E-state index is 12.0. The van der Waals surface area contributed by atoms with Crippen molar-refractivity contribution in [2.75, 3.05) is 13.1 Å². The fourth-order valence-corrected chi connectivity index (χ4v) is 2.08. The molecule has 1 aliphatic rings. The Morgan fingerprint density at radius 1 is 1.45 bits per heavy atom. The number of hydrogen-bond donors (Lipinski definition) is 4. The first-order chi connectivity index (χ1) is 9.63. The average molecular weight is 285 g/mol. The quantitative estimate of drug-likeness (QED) is 0.373. The van der Waals surface area contributed by atoms with E-state index < -0.39 is 12.0 Å². The highest BCUT2D eigenvalue weighted by molar-refractivity contribution is 5.84. The lowest BCUT2D eigenvalue weighted by molar-refractivity contribution is -0.137. The Kier molecular flexibility index (Phi) is 8.01. The predicted molar refractivity (Wildman–Crippen MR) is 73.1 cm³/mol. The number of Topliss-reactive ketones (excluding diaryl/α,β-unsaturated/α-hetero) is 1. The molecule has 4 N–H and O–H groups in total. The van der Waals surface area contributed by atoms with E-state index in [1.165, 1.54) is 0 Å². The monoisotopic (exact) mass is 285 g/mol. The summed E-state index contributed by atoms with van der Waals surface area (Å²) in [6, 6.07) is -0.910. The standard InChI is InChI=1S/C13H23N3O4/c17-9-10(4-5-13(19)20)15-16-11-3-1-2-7-14-8-6-12(11)18/h9-11,14-16H,1-8H2,(H,19,20)/t10-,11?/m1/s1. The molecule has 0 spiro atoms. The summed E-state index contributed by atoms with van der Waals surface area (Å²) in [6.07, 6.45) is 3.91. The van der Waals surface area contributed by atoms with Crippen LogP contribution in [0, 0.1) is 0 Å². The molecule has 0 saturated carbocycles. The van der Waals surface area contributed by atoms with Gasteiger partial charge in [0.05, 0.1) is 12.1 Å². The van der Waals surface area contributed by atoms with Gasteiger partial charge in [0.25, 0.3) is 0 Å². The third-order valence-corrected chi connectivity index (χ3v) is 3.31. The Balaban J connectivity index is 2.40. The van der Waals surface area contributed by atoms with Crippen molar-refractivity contribution >= 4 is 18.0 Å². The van der Waals surface area contributed by atoms with Crippen LogP contribution < -0.4 is 16.2 Å². The second-order valence-electron chi connectivity index (χ2n) is 4.98. The minimum atomic E-state index is -0.941. The number of carbonyl (C=O) groups excluding carboxylic acids is 2. The van der Waals surface area contributed by atoms with Gasteiger partial charge in [0.1, 0.15) is 6.29 Å².